The lowest BCUT2D eigenvalue weighted by Gasteiger charge is -2.30. The van der Waals surface area contributed by atoms with Gasteiger partial charge < -0.3 is 19.6 Å². The lowest BCUT2D eigenvalue weighted by molar-refractivity contribution is 0.636. The highest BCUT2D eigenvalue weighted by atomic mass is 15.2. The smallest absolute Gasteiger partial charge is 0.0463 e. The quantitative estimate of drug-likeness (QED) is 0.0639. The molecule has 4 nitrogen and oxygen atoms in total. The summed E-state index contributed by atoms with van der Waals surface area (Å²) in [5.74, 6) is 0. The average molecular weight is 711 g/mol. The van der Waals surface area contributed by atoms with E-state index in [1.54, 1.807) is 0 Å². The number of benzene rings is 3. The first kappa shape index (κ1) is 43.3. The molecule has 0 atom stereocenters. The van der Waals surface area contributed by atoms with Gasteiger partial charge in [0, 0.05) is 73.4 Å². The highest BCUT2D eigenvalue weighted by Crippen LogP contribution is 2.37. The Morgan fingerprint density at radius 3 is 0.596 bits per heavy atom. The third-order valence-electron chi connectivity index (χ3n) is 10.6. The summed E-state index contributed by atoms with van der Waals surface area (Å²) in [5, 5.41) is 0. The molecule has 0 aliphatic rings. The summed E-state index contributed by atoms with van der Waals surface area (Å²) in [7, 11) is 0. The molecular weight excluding hydrogens is 633 g/mol. The molecule has 0 bridgehead atoms. The van der Waals surface area contributed by atoms with Crippen molar-refractivity contribution >= 4 is 34.1 Å². The number of unbranched alkanes of at least 4 members (excludes halogenated alkanes) is 12. The van der Waals surface area contributed by atoms with Crippen LogP contribution in [0, 0.1) is 0 Å². The first-order chi connectivity index (χ1) is 25.6. The Hall–Kier alpha value is -3.14. The molecule has 3 aromatic rings. The molecule has 0 unspecified atom stereocenters. The third-order valence-corrected chi connectivity index (χ3v) is 10.6. The van der Waals surface area contributed by atoms with Gasteiger partial charge in [0.1, 0.15) is 0 Å². The molecule has 0 heterocycles. The molecule has 4 heteroatoms. The number of hydrogen-bond acceptors (Lipinski definition) is 4. The summed E-state index contributed by atoms with van der Waals surface area (Å²) < 4.78 is 0. The van der Waals surface area contributed by atoms with Crippen molar-refractivity contribution < 1.29 is 0 Å². The average Bonchev–Trinajstić information content (AvgIpc) is 3.17. The van der Waals surface area contributed by atoms with Crippen molar-refractivity contribution in [1.82, 2.24) is 0 Å². The zero-order chi connectivity index (χ0) is 37.2. The molecule has 52 heavy (non-hydrogen) atoms. The summed E-state index contributed by atoms with van der Waals surface area (Å²) in [6, 6.07) is 28.3. The minimum absolute atomic E-state index is 1.14. The van der Waals surface area contributed by atoms with Crippen LogP contribution in [0.2, 0.25) is 0 Å². The van der Waals surface area contributed by atoms with Gasteiger partial charge in [0.15, 0.2) is 0 Å². The van der Waals surface area contributed by atoms with Crippen molar-refractivity contribution in [3.63, 3.8) is 0 Å². The van der Waals surface area contributed by atoms with Crippen LogP contribution in [-0.2, 0) is 0 Å². The largest absolute Gasteiger partial charge is 0.372 e. The van der Waals surface area contributed by atoms with Gasteiger partial charge in [-0.05, 0) is 111 Å². The molecule has 0 N–H and O–H groups in total. The minimum atomic E-state index is 1.14. The zero-order valence-electron chi connectivity index (χ0n) is 34.7. The second-order valence-electron chi connectivity index (χ2n) is 15.1. The van der Waals surface area contributed by atoms with E-state index < -0.39 is 0 Å². The van der Waals surface area contributed by atoms with Crippen LogP contribution in [0.3, 0.4) is 0 Å². The van der Waals surface area contributed by atoms with Crippen molar-refractivity contribution in [3.8, 4) is 0 Å². The van der Waals surface area contributed by atoms with Crippen LogP contribution in [0.4, 0.5) is 34.1 Å². The Morgan fingerprint density at radius 1 is 0.250 bits per heavy atom. The van der Waals surface area contributed by atoms with Gasteiger partial charge in [0.05, 0.1) is 0 Å². The van der Waals surface area contributed by atoms with Crippen molar-refractivity contribution in [2.45, 2.75) is 157 Å². The fraction of sp³-hybridized carbons (Fsp3) is 0.625. The van der Waals surface area contributed by atoms with Gasteiger partial charge in [-0.1, -0.05) is 119 Å². The number of rotatable bonds is 30. The molecule has 0 aliphatic carbocycles. The van der Waals surface area contributed by atoms with Gasteiger partial charge in [-0.3, -0.25) is 0 Å². The van der Waals surface area contributed by atoms with Gasteiger partial charge in [-0.25, -0.2) is 0 Å². The predicted molar refractivity (Wildman–Crippen MR) is 235 cm³/mol. The van der Waals surface area contributed by atoms with Crippen LogP contribution in [-0.4, -0.2) is 39.3 Å². The minimum Gasteiger partial charge on any atom is -0.372 e. The molecule has 0 aromatic heterocycles. The first-order valence-corrected chi connectivity index (χ1v) is 21.9. The molecule has 0 aliphatic heterocycles. The maximum Gasteiger partial charge on any atom is 0.0463 e. The van der Waals surface area contributed by atoms with Crippen LogP contribution >= 0.6 is 0 Å². The highest BCUT2D eigenvalue weighted by Gasteiger charge is 2.16. The summed E-state index contributed by atoms with van der Waals surface area (Å²) in [4.78, 5) is 10.3. The standard InChI is InChI=1S/C48H78N4/c1-7-13-19-37-49(38-20-14-8-2)43-25-31-46(32-26-43)52(47-33-27-44(28-34-47)50(39-21-15-9-3)40-22-16-10-4)48-35-29-45(30-36-48)51(41-23-17-11-5)42-24-18-12-6/h25-36H,7-24,37-42H2,1-6H3. The second-order valence-corrected chi connectivity index (χ2v) is 15.1. The first-order valence-electron chi connectivity index (χ1n) is 21.9. The SMILES string of the molecule is CCCCCN(CCCCC)c1ccc(N(c2ccc(N(CCCCC)CCCCC)cc2)c2ccc(N(CCCCC)CCCCC)cc2)cc1. The maximum atomic E-state index is 2.63. The molecule has 0 amide bonds. The van der Waals surface area contributed by atoms with E-state index in [0.29, 0.717) is 0 Å². The monoisotopic (exact) mass is 711 g/mol. The molecule has 0 spiro atoms. The lowest BCUT2D eigenvalue weighted by atomic mass is 10.1. The van der Waals surface area contributed by atoms with Crippen molar-refractivity contribution in [1.29, 1.82) is 0 Å². The van der Waals surface area contributed by atoms with Crippen LogP contribution in [0.25, 0.3) is 0 Å². The molecule has 0 saturated carbocycles. The van der Waals surface area contributed by atoms with Gasteiger partial charge in [0.2, 0.25) is 0 Å². The maximum absolute atomic E-state index is 2.63. The normalized spacial score (nSPS) is 11.2. The van der Waals surface area contributed by atoms with Crippen molar-refractivity contribution in [2.24, 2.45) is 0 Å². The van der Waals surface area contributed by atoms with E-state index in [2.05, 4.69) is 134 Å². The van der Waals surface area contributed by atoms with Gasteiger partial charge in [0.25, 0.3) is 0 Å². The van der Waals surface area contributed by atoms with Gasteiger partial charge in [-0.2, -0.15) is 0 Å². The Balaban J connectivity index is 1.97. The van der Waals surface area contributed by atoms with E-state index in [0.717, 1.165) is 39.3 Å². The molecule has 290 valence electrons. The molecule has 0 fully saturated rings. The highest BCUT2D eigenvalue weighted by molar-refractivity contribution is 5.79. The Kier molecular flexibility index (Phi) is 22.1. The summed E-state index contributed by atoms with van der Waals surface area (Å²) in [6.07, 6.45) is 22.9. The molecule has 0 radical (unpaired) electrons. The van der Waals surface area contributed by atoms with Gasteiger partial charge in [-0.15, -0.1) is 0 Å². The summed E-state index contributed by atoms with van der Waals surface area (Å²) in [6.45, 7) is 20.7. The Labute approximate surface area is 322 Å². The third kappa shape index (κ3) is 15.1. The second kappa shape index (κ2) is 26.6. The topological polar surface area (TPSA) is 13.0 Å². The summed E-state index contributed by atoms with van der Waals surface area (Å²) >= 11 is 0. The van der Waals surface area contributed by atoms with E-state index in [1.165, 1.54) is 150 Å². The molecule has 3 aromatic carbocycles. The molecule has 3 rings (SSSR count). The lowest BCUT2D eigenvalue weighted by Crippen LogP contribution is -2.26. The number of nitrogens with zero attached hydrogens (tertiary/aromatic N) is 4. The van der Waals surface area contributed by atoms with Crippen molar-refractivity contribution in [3.05, 3.63) is 72.8 Å². The Morgan fingerprint density at radius 2 is 0.423 bits per heavy atom. The number of anilines is 6. The van der Waals surface area contributed by atoms with E-state index >= 15 is 0 Å². The van der Waals surface area contributed by atoms with E-state index in [-0.39, 0.29) is 0 Å². The zero-order valence-corrected chi connectivity index (χ0v) is 34.7. The van der Waals surface area contributed by atoms with E-state index in [4.69, 9.17) is 0 Å². The molecular formula is C48H78N4. The predicted octanol–water partition coefficient (Wildman–Crippen LogP) is 14.7. The van der Waals surface area contributed by atoms with Crippen molar-refractivity contribution in [2.75, 3.05) is 58.9 Å². The fourth-order valence-electron chi connectivity index (χ4n) is 7.31. The van der Waals surface area contributed by atoms with Crippen LogP contribution in [0.5, 0.6) is 0 Å². The van der Waals surface area contributed by atoms with Crippen LogP contribution in [0.1, 0.15) is 157 Å². The fourth-order valence-corrected chi connectivity index (χ4v) is 7.31. The van der Waals surface area contributed by atoms with E-state index in [9.17, 15) is 0 Å². The van der Waals surface area contributed by atoms with E-state index in [1.807, 2.05) is 0 Å². The van der Waals surface area contributed by atoms with Crippen LogP contribution < -0.4 is 19.6 Å². The number of hydrogen-bond donors (Lipinski definition) is 0. The Bertz CT molecular complexity index is 1080. The van der Waals surface area contributed by atoms with Gasteiger partial charge >= 0.3 is 0 Å². The summed E-state index contributed by atoms with van der Waals surface area (Å²) in [5.41, 5.74) is 7.72. The molecule has 0 saturated heterocycles. The van der Waals surface area contributed by atoms with Crippen LogP contribution in [0.15, 0.2) is 72.8 Å².